The molecule has 5 nitrogen and oxygen atoms in total. The van der Waals surface area contributed by atoms with Gasteiger partial charge in [0.1, 0.15) is 23.6 Å². The van der Waals surface area contributed by atoms with Gasteiger partial charge in [-0.15, -0.1) is 0 Å². The van der Waals surface area contributed by atoms with Crippen molar-refractivity contribution in [1.29, 1.82) is 0 Å². The molecule has 0 radical (unpaired) electrons. The van der Waals surface area contributed by atoms with Gasteiger partial charge in [-0.1, -0.05) is 39.0 Å². The molecule has 0 N–H and O–H groups in total. The first-order chi connectivity index (χ1) is 12.0. The molecule has 1 aromatic carbocycles. The second-order valence-electron chi connectivity index (χ2n) is 7.97. The summed E-state index contributed by atoms with van der Waals surface area (Å²) in [4.78, 5) is 24.2. The molecule has 0 saturated heterocycles. The number of carbonyl (C=O) groups is 2. The Balaban J connectivity index is 2.63. The third-order valence-electron chi connectivity index (χ3n) is 3.73. The summed E-state index contributed by atoms with van der Waals surface area (Å²) in [6.45, 7) is 12.9. The first-order valence-corrected chi connectivity index (χ1v) is 9.13. The normalized spacial score (nSPS) is 15.1. The average Bonchev–Trinajstić information content (AvgIpc) is 2.51. The fourth-order valence-electron chi connectivity index (χ4n) is 2.51. The fraction of sp³-hybridized carbons (Fsp3) is 0.619. The van der Waals surface area contributed by atoms with Gasteiger partial charge in [-0.2, -0.15) is 0 Å². The van der Waals surface area contributed by atoms with Crippen LogP contribution in [0.2, 0.25) is 0 Å². The molecule has 0 aromatic heterocycles. The van der Waals surface area contributed by atoms with Crippen LogP contribution < -0.4 is 4.74 Å². The molecular formula is C21H32O5. The van der Waals surface area contributed by atoms with Crippen LogP contribution in [0, 0.1) is 11.8 Å². The molecule has 0 fully saturated rings. The number of benzene rings is 1. The minimum atomic E-state index is -0.572. The maximum Gasteiger partial charge on any atom is 0.309 e. The molecule has 26 heavy (non-hydrogen) atoms. The van der Waals surface area contributed by atoms with E-state index in [1.54, 1.807) is 27.7 Å². The van der Waals surface area contributed by atoms with Crippen LogP contribution in [-0.2, 0) is 19.1 Å². The molecule has 3 atom stereocenters. The summed E-state index contributed by atoms with van der Waals surface area (Å²) in [5.41, 5.74) is -0.569. The Morgan fingerprint density at radius 2 is 1.58 bits per heavy atom. The summed E-state index contributed by atoms with van der Waals surface area (Å²) in [7, 11) is 0. The zero-order chi connectivity index (χ0) is 19.9. The monoisotopic (exact) mass is 364 g/mol. The van der Waals surface area contributed by atoms with Crippen molar-refractivity contribution in [2.24, 2.45) is 11.8 Å². The quantitative estimate of drug-likeness (QED) is 0.640. The van der Waals surface area contributed by atoms with Crippen molar-refractivity contribution in [1.82, 2.24) is 0 Å². The summed E-state index contributed by atoms with van der Waals surface area (Å²) < 4.78 is 16.8. The van der Waals surface area contributed by atoms with E-state index in [9.17, 15) is 9.59 Å². The Kier molecular flexibility index (Phi) is 8.12. The molecule has 0 spiro atoms. The largest absolute Gasteiger partial charge is 0.486 e. The van der Waals surface area contributed by atoms with Gasteiger partial charge in [0.05, 0.1) is 12.3 Å². The van der Waals surface area contributed by atoms with Crippen LogP contribution in [0.5, 0.6) is 5.75 Å². The van der Waals surface area contributed by atoms with E-state index in [-0.39, 0.29) is 18.4 Å². The Labute approximate surface area is 157 Å². The molecule has 0 amide bonds. The lowest BCUT2D eigenvalue weighted by molar-refractivity contribution is -0.165. The highest BCUT2D eigenvalue weighted by Gasteiger charge is 2.29. The number of para-hydroxylation sites is 1. The van der Waals surface area contributed by atoms with E-state index in [0.29, 0.717) is 0 Å². The highest BCUT2D eigenvalue weighted by molar-refractivity contribution is 5.79. The molecule has 1 rings (SSSR count). The first-order valence-electron chi connectivity index (χ1n) is 9.13. The van der Waals surface area contributed by atoms with Crippen LogP contribution >= 0.6 is 0 Å². The minimum Gasteiger partial charge on any atom is -0.486 e. The zero-order valence-corrected chi connectivity index (χ0v) is 16.9. The van der Waals surface area contributed by atoms with Crippen molar-refractivity contribution >= 4 is 11.9 Å². The molecule has 146 valence electrons. The van der Waals surface area contributed by atoms with Crippen molar-refractivity contribution < 1.29 is 23.8 Å². The molecule has 0 aliphatic rings. The van der Waals surface area contributed by atoms with E-state index in [1.165, 1.54) is 0 Å². The number of rotatable bonds is 8. The molecule has 0 aliphatic carbocycles. The van der Waals surface area contributed by atoms with E-state index in [2.05, 4.69) is 0 Å². The van der Waals surface area contributed by atoms with E-state index >= 15 is 0 Å². The smallest absolute Gasteiger partial charge is 0.309 e. The van der Waals surface area contributed by atoms with Crippen molar-refractivity contribution in [3.8, 4) is 5.75 Å². The lowest BCUT2D eigenvalue weighted by Crippen LogP contribution is -2.39. The van der Waals surface area contributed by atoms with Crippen molar-refractivity contribution in [3.63, 3.8) is 0 Å². The SMILES string of the molecule is CC(C)[C@H](Oc1ccccc1)[C@@H](C)OC(=O)[C@H](C)CC(=O)OC(C)(C)C. The number of carbonyl (C=O) groups excluding carboxylic acids is 2. The number of hydrogen-bond donors (Lipinski definition) is 0. The third-order valence-corrected chi connectivity index (χ3v) is 3.73. The average molecular weight is 364 g/mol. The predicted molar refractivity (Wildman–Crippen MR) is 101 cm³/mol. The zero-order valence-electron chi connectivity index (χ0n) is 16.9. The Morgan fingerprint density at radius 3 is 2.08 bits per heavy atom. The molecular weight excluding hydrogens is 332 g/mol. The summed E-state index contributed by atoms with van der Waals surface area (Å²) >= 11 is 0. The minimum absolute atomic E-state index is 0.00525. The maximum atomic E-state index is 12.3. The van der Waals surface area contributed by atoms with Gasteiger partial charge >= 0.3 is 11.9 Å². The lowest BCUT2D eigenvalue weighted by Gasteiger charge is -2.29. The second-order valence-corrected chi connectivity index (χ2v) is 7.97. The van der Waals surface area contributed by atoms with Crippen LogP contribution in [0.4, 0.5) is 0 Å². The summed E-state index contributed by atoms with van der Waals surface area (Å²) in [6, 6.07) is 9.45. The van der Waals surface area contributed by atoms with Crippen LogP contribution in [-0.4, -0.2) is 29.7 Å². The summed E-state index contributed by atoms with van der Waals surface area (Å²) in [6.07, 6.45) is -0.729. The van der Waals surface area contributed by atoms with Crippen molar-refractivity contribution in [2.45, 2.75) is 72.7 Å². The van der Waals surface area contributed by atoms with E-state index < -0.39 is 29.6 Å². The standard InChI is InChI=1S/C21H32O5/c1-14(2)19(25-17-11-9-8-10-12-17)16(4)24-20(23)15(3)13-18(22)26-21(5,6)7/h8-12,14-16,19H,13H2,1-7H3/t15-,16-,19+/m1/s1. The van der Waals surface area contributed by atoms with E-state index in [1.807, 2.05) is 51.1 Å². The van der Waals surface area contributed by atoms with Gasteiger partial charge in [0.25, 0.3) is 0 Å². The topological polar surface area (TPSA) is 61.8 Å². The molecule has 0 unspecified atom stereocenters. The molecule has 0 aliphatic heterocycles. The lowest BCUT2D eigenvalue weighted by atomic mass is 10.0. The molecule has 1 aromatic rings. The van der Waals surface area contributed by atoms with Crippen molar-refractivity contribution in [3.05, 3.63) is 30.3 Å². The first kappa shape index (κ1) is 22.0. The van der Waals surface area contributed by atoms with Crippen LogP contribution in [0.3, 0.4) is 0 Å². The van der Waals surface area contributed by atoms with Crippen LogP contribution in [0.15, 0.2) is 30.3 Å². The summed E-state index contributed by atoms with van der Waals surface area (Å²) in [5.74, 6) is -0.520. The predicted octanol–water partition coefficient (Wildman–Crippen LogP) is 4.39. The van der Waals surface area contributed by atoms with Gasteiger partial charge in [-0.25, -0.2) is 0 Å². The van der Waals surface area contributed by atoms with Gasteiger partial charge in [0.15, 0.2) is 0 Å². The molecule has 0 heterocycles. The fourth-order valence-corrected chi connectivity index (χ4v) is 2.51. The van der Waals surface area contributed by atoms with E-state index in [4.69, 9.17) is 14.2 Å². The Bertz CT molecular complexity index is 574. The molecule has 5 heteroatoms. The van der Waals surface area contributed by atoms with Crippen molar-refractivity contribution in [2.75, 3.05) is 0 Å². The van der Waals surface area contributed by atoms with Gasteiger partial charge in [-0.3, -0.25) is 9.59 Å². The Hall–Kier alpha value is -2.04. The summed E-state index contributed by atoms with van der Waals surface area (Å²) in [5, 5.41) is 0. The highest BCUT2D eigenvalue weighted by atomic mass is 16.6. The maximum absolute atomic E-state index is 12.3. The highest BCUT2D eigenvalue weighted by Crippen LogP contribution is 2.21. The van der Waals surface area contributed by atoms with Gasteiger partial charge in [-0.05, 0) is 45.7 Å². The molecule has 0 bridgehead atoms. The Morgan fingerprint density at radius 1 is 1.00 bits per heavy atom. The second kappa shape index (κ2) is 9.60. The van der Waals surface area contributed by atoms with E-state index in [0.717, 1.165) is 5.75 Å². The van der Waals surface area contributed by atoms with Gasteiger partial charge in [0.2, 0.25) is 0 Å². The van der Waals surface area contributed by atoms with Crippen LogP contribution in [0.25, 0.3) is 0 Å². The van der Waals surface area contributed by atoms with Crippen LogP contribution in [0.1, 0.15) is 54.9 Å². The van der Waals surface area contributed by atoms with Gasteiger partial charge in [0, 0.05) is 0 Å². The van der Waals surface area contributed by atoms with Gasteiger partial charge < -0.3 is 14.2 Å². The number of ether oxygens (including phenoxy) is 3. The molecule has 0 saturated carbocycles. The number of hydrogen-bond acceptors (Lipinski definition) is 5. The number of esters is 2. The third kappa shape index (κ3) is 7.89.